The molecule has 1 N–H and O–H groups in total. The van der Waals surface area contributed by atoms with Crippen molar-refractivity contribution in [1.29, 1.82) is 0 Å². The molecule has 1 saturated carbocycles. The number of nitrogens with one attached hydrogen (secondary N) is 1. The normalized spacial score (nSPS) is 25.1. The van der Waals surface area contributed by atoms with Crippen LogP contribution in [0, 0.1) is 6.92 Å². The summed E-state index contributed by atoms with van der Waals surface area (Å²) in [7, 11) is 2.14. The Bertz CT molecular complexity index is 515. The summed E-state index contributed by atoms with van der Waals surface area (Å²) >= 11 is 0. The van der Waals surface area contributed by atoms with Crippen molar-refractivity contribution in [2.75, 3.05) is 30.4 Å². The molecule has 1 aliphatic heterocycles. The van der Waals surface area contributed by atoms with Gasteiger partial charge in [-0.15, -0.1) is 0 Å². The molecule has 0 amide bonds. The van der Waals surface area contributed by atoms with E-state index in [4.69, 9.17) is 14.7 Å². The molecule has 3 rings (SSSR count). The number of aromatic nitrogens is 2. The summed E-state index contributed by atoms with van der Waals surface area (Å²) in [6, 6.07) is 0.403. The van der Waals surface area contributed by atoms with E-state index in [0.717, 1.165) is 42.6 Å². The lowest BCUT2D eigenvalue weighted by Gasteiger charge is -2.30. The zero-order valence-corrected chi connectivity index (χ0v) is 13.5. The van der Waals surface area contributed by atoms with Gasteiger partial charge in [-0.3, -0.25) is 0 Å². The fourth-order valence-electron chi connectivity index (χ4n) is 3.11. The summed E-state index contributed by atoms with van der Waals surface area (Å²) in [6.45, 7) is 8.09. The van der Waals surface area contributed by atoms with E-state index in [0.29, 0.717) is 12.0 Å². The van der Waals surface area contributed by atoms with Gasteiger partial charge in [-0.1, -0.05) is 0 Å². The molecule has 5 heteroatoms. The van der Waals surface area contributed by atoms with E-state index in [9.17, 15) is 0 Å². The van der Waals surface area contributed by atoms with Crippen LogP contribution >= 0.6 is 0 Å². The van der Waals surface area contributed by atoms with Crippen LogP contribution in [0.1, 0.15) is 50.4 Å². The lowest BCUT2D eigenvalue weighted by atomic mass is 10.1. The van der Waals surface area contributed by atoms with Crippen molar-refractivity contribution in [2.24, 2.45) is 0 Å². The molecule has 116 valence electrons. The monoisotopic (exact) mass is 290 g/mol. The van der Waals surface area contributed by atoms with Crippen LogP contribution in [0.3, 0.4) is 0 Å². The van der Waals surface area contributed by atoms with E-state index in [1.165, 1.54) is 12.8 Å². The van der Waals surface area contributed by atoms with E-state index >= 15 is 0 Å². The van der Waals surface area contributed by atoms with E-state index in [-0.39, 0.29) is 6.10 Å². The van der Waals surface area contributed by atoms with Crippen molar-refractivity contribution < 1.29 is 4.74 Å². The van der Waals surface area contributed by atoms with Gasteiger partial charge in [0.05, 0.1) is 12.1 Å². The Morgan fingerprint density at radius 3 is 2.62 bits per heavy atom. The molecule has 0 radical (unpaired) electrons. The summed E-state index contributed by atoms with van der Waals surface area (Å²) in [5.41, 5.74) is 1.14. The summed E-state index contributed by atoms with van der Waals surface area (Å²) in [5.74, 6) is 3.62. The van der Waals surface area contributed by atoms with E-state index in [1.807, 2.05) is 0 Å². The van der Waals surface area contributed by atoms with E-state index in [1.54, 1.807) is 0 Å². The molecule has 0 bridgehead atoms. The largest absolute Gasteiger partial charge is 0.376 e. The summed E-state index contributed by atoms with van der Waals surface area (Å²) in [4.78, 5) is 11.9. The molecule has 2 atom stereocenters. The number of hydrogen-bond donors (Lipinski definition) is 1. The Morgan fingerprint density at radius 1 is 1.29 bits per heavy atom. The first-order valence-corrected chi connectivity index (χ1v) is 8.08. The minimum absolute atomic E-state index is 0.260. The third-order valence-electron chi connectivity index (χ3n) is 4.59. The SMILES string of the molecule is CCNc1nc(C2CC2)nc(N(C)C2CCOC2C)c1C. The van der Waals surface area contributed by atoms with Gasteiger partial charge in [-0.05, 0) is 40.0 Å². The summed E-state index contributed by atoms with van der Waals surface area (Å²) < 4.78 is 5.72. The zero-order valence-electron chi connectivity index (χ0n) is 13.5. The van der Waals surface area contributed by atoms with E-state index in [2.05, 4.69) is 38.0 Å². The first-order chi connectivity index (χ1) is 10.1. The van der Waals surface area contributed by atoms with Crippen LogP contribution in [0.4, 0.5) is 11.6 Å². The Hall–Kier alpha value is -1.36. The van der Waals surface area contributed by atoms with Crippen LogP contribution in [0.15, 0.2) is 0 Å². The smallest absolute Gasteiger partial charge is 0.137 e. The molecular formula is C16H26N4O. The van der Waals surface area contributed by atoms with Crippen LogP contribution in [0.25, 0.3) is 0 Å². The van der Waals surface area contributed by atoms with Crippen molar-refractivity contribution in [3.8, 4) is 0 Å². The minimum Gasteiger partial charge on any atom is -0.376 e. The molecule has 2 aliphatic rings. The first-order valence-electron chi connectivity index (χ1n) is 8.08. The van der Waals surface area contributed by atoms with Gasteiger partial charge < -0.3 is 15.0 Å². The molecule has 1 saturated heterocycles. The highest BCUT2D eigenvalue weighted by Gasteiger charge is 2.32. The molecule has 21 heavy (non-hydrogen) atoms. The zero-order chi connectivity index (χ0) is 15.0. The Balaban J connectivity index is 1.95. The molecular weight excluding hydrogens is 264 g/mol. The molecule has 5 nitrogen and oxygen atoms in total. The predicted octanol–water partition coefficient (Wildman–Crippen LogP) is 2.71. The van der Waals surface area contributed by atoms with Crippen molar-refractivity contribution >= 4 is 11.6 Å². The molecule has 2 unspecified atom stereocenters. The third kappa shape index (κ3) is 2.84. The van der Waals surface area contributed by atoms with Gasteiger partial charge in [0.25, 0.3) is 0 Å². The van der Waals surface area contributed by atoms with Crippen LogP contribution in [0.5, 0.6) is 0 Å². The second-order valence-electron chi connectivity index (χ2n) is 6.23. The molecule has 1 aromatic rings. The molecule has 1 aliphatic carbocycles. The maximum absolute atomic E-state index is 5.72. The molecule has 0 spiro atoms. The lowest BCUT2D eigenvalue weighted by molar-refractivity contribution is 0.118. The molecule has 2 heterocycles. The fourth-order valence-corrected chi connectivity index (χ4v) is 3.11. The molecule has 1 aromatic heterocycles. The van der Waals surface area contributed by atoms with Crippen LogP contribution in [-0.4, -0.2) is 42.3 Å². The quantitative estimate of drug-likeness (QED) is 0.903. The number of rotatable bonds is 5. The van der Waals surface area contributed by atoms with E-state index < -0.39 is 0 Å². The van der Waals surface area contributed by atoms with Gasteiger partial charge in [0.15, 0.2) is 0 Å². The number of ether oxygens (including phenoxy) is 1. The second-order valence-corrected chi connectivity index (χ2v) is 6.23. The average Bonchev–Trinajstić information content (AvgIpc) is 3.23. The Kier molecular flexibility index (Phi) is 4.02. The van der Waals surface area contributed by atoms with Gasteiger partial charge in [0.1, 0.15) is 17.5 Å². The second kappa shape index (κ2) is 5.79. The third-order valence-corrected chi connectivity index (χ3v) is 4.59. The highest BCUT2D eigenvalue weighted by Crippen LogP contribution is 2.40. The van der Waals surface area contributed by atoms with Crippen LogP contribution in [-0.2, 0) is 4.74 Å². The molecule has 2 fully saturated rings. The standard InChI is InChI=1S/C16H26N4O/c1-5-17-14-10(2)16(19-15(18-14)12-6-7-12)20(4)13-8-9-21-11(13)3/h11-13H,5-9H2,1-4H3,(H,17,18,19). The summed E-state index contributed by atoms with van der Waals surface area (Å²) in [5, 5.41) is 3.39. The number of hydrogen-bond acceptors (Lipinski definition) is 5. The molecule has 0 aromatic carbocycles. The number of likely N-dealkylation sites (N-methyl/N-ethyl adjacent to an activating group) is 1. The van der Waals surface area contributed by atoms with Crippen molar-refractivity contribution in [1.82, 2.24) is 9.97 Å². The highest BCUT2D eigenvalue weighted by molar-refractivity contribution is 5.59. The summed E-state index contributed by atoms with van der Waals surface area (Å²) in [6.07, 6.45) is 3.77. The van der Waals surface area contributed by atoms with Gasteiger partial charge >= 0.3 is 0 Å². The van der Waals surface area contributed by atoms with Gasteiger partial charge in [0, 0.05) is 31.7 Å². The Labute approximate surface area is 127 Å². The fraction of sp³-hybridized carbons (Fsp3) is 0.750. The maximum atomic E-state index is 5.72. The van der Waals surface area contributed by atoms with Gasteiger partial charge in [-0.2, -0.15) is 0 Å². The first kappa shape index (κ1) is 14.6. The average molecular weight is 290 g/mol. The van der Waals surface area contributed by atoms with Gasteiger partial charge in [-0.25, -0.2) is 9.97 Å². The van der Waals surface area contributed by atoms with Gasteiger partial charge in [0.2, 0.25) is 0 Å². The number of anilines is 2. The van der Waals surface area contributed by atoms with Crippen molar-refractivity contribution in [3.05, 3.63) is 11.4 Å². The minimum atomic E-state index is 0.260. The van der Waals surface area contributed by atoms with Crippen LogP contribution < -0.4 is 10.2 Å². The Morgan fingerprint density at radius 2 is 2.05 bits per heavy atom. The lowest BCUT2D eigenvalue weighted by Crippen LogP contribution is -2.38. The van der Waals surface area contributed by atoms with Crippen LogP contribution in [0.2, 0.25) is 0 Å². The van der Waals surface area contributed by atoms with Crippen molar-refractivity contribution in [2.45, 2.75) is 58.1 Å². The predicted molar refractivity (Wildman–Crippen MR) is 85.1 cm³/mol. The van der Waals surface area contributed by atoms with Crippen molar-refractivity contribution in [3.63, 3.8) is 0 Å². The maximum Gasteiger partial charge on any atom is 0.137 e. The topological polar surface area (TPSA) is 50.3 Å². The highest BCUT2D eigenvalue weighted by atomic mass is 16.5. The number of nitrogens with zero attached hydrogens (tertiary/aromatic N) is 3.